The van der Waals surface area contributed by atoms with Crippen molar-refractivity contribution in [1.29, 1.82) is 0 Å². The second-order valence-electron chi connectivity index (χ2n) is 6.71. The van der Waals surface area contributed by atoms with E-state index in [1.54, 1.807) is 12.1 Å². The maximum absolute atomic E-state index is 10.9. The van der Waals surface area contributed by atoms with Gasteiger partial charge >= 0.3 is 0 Å². The van der Waals surface area contributed by atoms with Gasteiger partial charge in [-0.3, -0.25) is 15.0 Å². The quantitative estimate of drug-likeness (QED) is 0.563. The van der Waals surface area contributed by atoms with Crippen molar-refractivity contribution in [3.63, 3.8) is 0 Å². The van der Waals surface area contributed by atoms with E-state index in [1.807, 2.05) is 0 Å². The van der Waals surface area contributed by atoms with Crippen molar-refractivity contribution >= 4 is 5.69 Å². The normalized spacial score (nSPS) is 20.3. The third kappa shape index (κ3) is 3.85. The molecule has 8 nitrogen and oxygen atoms in total. The number of ether oxygens (including phenoxy) is 1. The van der Waals surface area contributed by atoms with Crippen LogP contribution in [0.5, 0.6) is 0 Å². The van der Waals surface area contributed by atoms with Gasteiger partial charge in [0.05, 0.1) is 18.1 Å². The number of benzene rings is 1. The van der Waals surface area contributed by atoms with Gasteiger partial charge in [-0.2, -0.15) is 4.98 Å². The van der Waals surface area contributed by atoms with E-state index in [4.69, 9.17) is 9.26 Å². The lowest BCUT2D eigenvalue weighted by molar-refractivity contribution is -0.384. The van der Waals surface area contributed by atoms with Crippen LogP contribution in [0.15, 0.2) is 28.8 Å². The number of nitro groups is 1. The van der Waals surface area contributed by atoms with Crippen molar-refractivity contribution in [3.8, 4) is 11.4 Å². The minimum atomic E-state index is -0.428. The number of nitro benzene ring substituents is 1. The summed E-state index contributed by atoms with van der Waals surface area (Å²) in [5.74, 6) is 1.51. The molecular weight excluding hydrogens is 324 g/mol. The maximum Gasteiger partial charge on any atom is 0.270 e. The van der Waals surface area contributed by atoms with Crippen molar-refractivity contribution in [1.82, 2.24) is 15.0 Å². The number of aromatic nitrogens is 2. The summed E-state index contributed by atoms with van der Waals surface area (Å²) in [5.41, 5.74) is 0.607. The van der Waals surface area contributed by atoms with Gasteiger partial charge in [-0.15, -0.1) is 0 Å². The van der Waals surface area contributed by atoms with Crippen LogP contribution in [0.1, 0.15) is 25.2 Å². The Labute approximate surface area is 144 Å². The molecule has 1 aliphatic heterocycles. The smallest absolute Gasteiger partial charge is 0.270 e. The van der Waals surface area contributed by atoms with E-state index in [2.05, 4.69) is 15.0 Å². The van der Waals surface area contributed by atoms with E-state index < -0.39 is 4.92 Å². The fraction of sp³-hybridized carbons (Fsp3) is 0.529. The van der Waals surface area contributed by atoms with Crippen molar-refractivity contribution in [2.24, 2.45) is 5.92 Å². The Kier molecular flexibility index (Phi) is 4.46. The summed E-state index contributed by atoms with van der Waals surface area (Å²) < 4.78 is 10.9. The van der Waals surface area contributed by atoms with E-state index in [0.29, 0.717) is 35.8 Å². The molecule has 1 saturated heterocycles. The zero-order chi connectivity index (χ0) is 17.2. The highest BCUT2D eigenvalue weighted by Gasteiger charge is 2.32. The van der Waals surface area contributed by atoms with Crippen molar-refractivity contribution < 1.29 is 14.2 Å². The summed E-state index contributed by atoms with van der Waals surface area (Å²) >= 11 is 0. The number of hydrogen-bond donors (Lipinski definition) is 0. The van der Waals surface area contributed by atoms with E-state index in [9.17, 15) is 10.1 Å². The fourth-order valence-corrected chi connectivity index (χ4v) is 3.21. The second-order valence-corrected chi connectivity index (χ2v) is 6.71. The molecule has 8 heteroatoms. The Balaban J connectivity index is 1.46. The van der Waals surface area contributed by atoms with Crippen LogP contribution in [0.25, 0.3) is 11.4 Å². The van der Waals surface area contributed by atoms with Gasteiger partial charge in [0.25, 0.3) is 5.69 Å². The second kappa shape index (κ2) is 6.89. The molecule has 0 N–H and O–H groups in total. The van der Waals surface area contributed by atoms with Crippen LogP contribution in [-0.2, 0) is 11.3 Å². The van der Waals surface area contributed by atoms with Gasteiger partial charge in [0.1, 0.15) is 0 Å². The molecule has 1 aromatic heterocycles. The average molecular weight is 344 g/mol. The first-order valence-corrected chi connectivity index (χ1v) is 8.58. The predicted molar refractivity (Wildman–Crippen MR) is 88.7 cm³/mol. The molecule has 0 amide bonds. The van der Waals surface area contributed by atoms with Gasteiger partial charge < -0.3 is 9.26 Å². The Morgan fingerprint density at radius 1 is 1.32 bits per heavy atom. The largest absolute Gasteiger partial charge is 0.381 e. The molecule has 0 bridgehead atoms. The molecule has 0 spiro atoms. The van der Waals surface area contributed by atoms with E-state index >= 15 is 0 Å². The van der Waals surface area contributed by atoms with Gasteiger partial charge in [0.2, 0.25) is 11.7 Å². The van der Waals surface area contributed by atoms with Crippen molar-refractivity contribution in [3.05, 3.63) is 40.3 Å². The molecule has 4 rings (SSSR count). The maximum atomic E-state index is 10.9. The minimum Gasteiger partial charge on any atom is -0.381 e. The highest BCUT2D eigenvalue weighted by Crippen LogP contribution is 2.30. The molecule has 1 saturated carbocycles. The molecule has 2 fully saturated rings. The molecule has 2 aromatic rings. The fourth-order valence-electron chi connectivity index (χ4n) is 3.21. The first kappa shape index (κ1) is 16.2. The van der Waals surface area contributed by atoms with Gasteiger partial charge in [0.15, 0.2) is 0 Å². The molecule has 2 aliphatic rings. The van der Waals surface area contributed by atoms with Crippen LogP contribution in [0.4, 0.5) is 5.69 Å². The van der Waals surface area contributed by atoms with Crippen LogP contribution in [0.2, 0.25) is 0 Å². The van der Waals surface area contributed by atoms with E-state index in [0.717, 1.165) is 26.2 Å². The Bertz CT molecular complexity index is 753. The summed E-state index contributed by atoms with van der Waals surface area (Å²) in [6, 6.07) is 6.87. The predicted octanol–water partition coefficient (Wildman–Crippen LogP) is 2.65. The molecule has 0 radical (unpaired) electrons. The molecular formula is C17H20N4O4. The lowest BCUT2D eigenvalue weighted by Crippen LogP contribution is -2.31. The number of hydrogen-bond acceptors (Lipinski definition) is 7. The first-order chi connectivity index (χ1) is 12.2. The van der Waals surface area contributed by atoms with Crippen LogP contribution in [0, 0.1) is 16.0 Å². The van der Waals surface area contributed by atoms with Gasteiger partial charge in [-0.25, -0.2) is 0 Å². The molecule has 1 aliphatic carbocycles. The molecule has 25 heavy (non-hydrogen) atoms. The Hall–Kier alpha value is -2.32. The minimum absolute atomic E-state index is 0.0182. The highest BCUT2D eigenvalue weighted by atomic mass is 16.6. The van der Waals surface area contributed by atoms with Gasteiger partial charge in [0, 0.05) is 36.9 Å². The monoisotopic (exact) mass is 344 g/mol. The summed E-state index contributed by atoms with van der Waals surface area (Å²) in [5, 5.41) is 14.9. The molecule has 132 valence electrons. The number of rotatable bonds is 7. The van der Waals surface area contributed by atoms with Gasteiger partial charge in [-0.05, 0) is 25.2 Å². The third-order valence-electron chi connectivity index (χ3n) is 4.70. The van der Waals surface area contributed by atoms with Crippen LogP contribution in [-0.4, -0.2) is 45.8 Å². The average Bonchev–Trinajstić information content (AvgIpc) is 3.14. The molecule has 2 heterocycles. The molecule has 1 atom stereocenters. The third-order valence-corrected chi connectivity index (χ3v) is 4.70. The SMILES string of the molecule is O=[N+]([O-])c1cccc(-c2noc(CN(CC3CCOC3)C3CC3)n2)c1. The van der Waals surface area contributed by atoms with Crippen molar-refractivity contribution in [2.75, 3.05) is 19.8 Å². The van der Waals surface area contributed by atoms with Crippen LogP contribution in [0.3, 0.4) is 0 Å². The lowest BCUT2D eigenvalue weighted by atomic mass is 10.1. The summed E-state index contributed by atoms with van der Waals surface area (Å²) in [4.78, 5) is 17.3. The lowest BCUT2D eigenvalue weighted by Gasteiger charge is -2.22. The number of nitrogens with zero attached hydrogens (tertiary/aromatic N) is 4. The summed E-state index contributed by atoms with van der Waals surface area (Å²) in [6.45, 7) is 3.27. The van der Waals surface area contributed by atoms with Gasteiger partial charge in [-0.1, -0.05) is 17.3 Å². The zero-order valence-electron chi connectivity index (χ0n) is 13.8. The molecule has 1 aromatic carbocycles. The van der Waals surface area contributed by atoms with E-state index in [1.165, 1.54) is 25.0 Å². The standard InChI is InChI=1S/C17H20N4O4/c22-21(23)15-3-1-2-13(8-15)17-18-16(25-19-17)10-20(14-4-5-14)9-12-6-7-24-11-12/h1-3,8,12,14H,4-7,9-11H2. The van der Waals surface area contributed by atoms with E-state index in [-0.39, 0.29) is 5.69 Å². The first-order valence-electron chi connectivity index (χ1n) is 8.58. The topological polar surface area (TPSA) is 94.5 Å². The van der Waals surface area contributed by atoms with Crippen LogP contribution < -0.4 is 0 Å². The van der Waals surface area contributed by atoms with Crippen LogP contribution >= 0.6 is 0 Å². The summed E-state index contributed by atoms with van der Waals surface area (Å²) in [7, 11) is 0. The summed E-state index contributed by atoms with van der Waals surface area (Å²) in [6.07, 6.45) is 3.52. The van der Waals surface area contributed by atoms with Crippen molar-refractivity contribution in [2.45, 2.75) is 31.8 Å². The molecule has 1 unspecified atom stereocenters. The zero-order valence-corrected chi connectivity index (χ0v) is 13.8. The Morgan fingerprint density at radius 3 is 2.92 bits per heavy atom. The Morgan fingerprint density at radius 2 is 2.20 bits per heavy atom. The number of non-ortho nitro benzene ring substituents is 1. The highest BCUT2D eigenvalue weighted by molar-refractivity contribution is 5.58.